The third-order valence-electron chi connectivity index (χ3n) is 2.51. The van der Waals surface area contributed by atoms with Gasteiger partial charge in [0.15, 0.2) is 0 Å². The Kier molecular flexibility index (Phi) is 3.93. The van der Waals surface area contributed by atoms with Gasteiger partial charge in [-0.25, -0.2) is 9.78 Å². The van der Waals surface area contributed by atoms with E-state index in [-0.39, 0.29) is 5.56 Å². The van der Waals surface area contributed by atoms with Gasteiger partial charge in [0.25, 0.3) is 0 Å². The fourth-order valence-electron chi connectivity index (χ4n) is 1.59. The van der Waals surface area contributed by atoms with Crippen LogP contribution in [0.25, 0.3) is 0 Å². The van der Waals surface area contributed by atoms with E-state index in [2.05, 4.69) is 10.3 Å². The van der Waals surface area contributed by atoms with Crippen molar-refractivity contribution >= 4 is 40.7 Å². The van der Waals surface area contributed by atoms with E-state index in [0.717, 1.165) is 0 Å². The van der Waals surface area contributed by atoms with Crippen LogP contribution >= 0.6 is 23.2 Å². The Balaban J connectivity index is 2.29. The summed E-state index contributed by atoms with van der Waals surface area (Å²) < 4.78 is 0. The number of nitrogens with zero attached hydrogens (tertiary/aromatic N) is 1. The average molecular weight is 297 g/mol. The van der Waals surface area contributed by atoms with Gasteiger partial charge in [0, 0.05) is 5.02 Å². The van der Waals surface area contributed by atoms with Crippen molar-refractivity contribution in [3.63, 3.8) is 0 Å². The number of benzene rings is 1. The number of nitrogens with one attached hydrogen (secondary N) is 1. The van der Waals surface area contributed by atoms with Crippen LogP contribution in [0, 0.1) is 6.92 Å². The van der Waals surface area contributed by atoms with Crippen LogP contribution in [-0.2, 0) is 0 Å². The van der Waals surface area contributed by atoms with Gasteiger partial charge in [-0.2, -0.15) is 0 Å². The standard InChI is InChI=1S/C13H10Cl2N2O2/c1-7-9(13(18)19)3-5-12(16-7)17-11-4-2-8(14)6-10(11)15/h2-6H,1H3,(H,16,17)(H,18,19). The van der Waals surface area contributed by atoms with Gasteiger partial charge in [-0.3, -0.25) is 0 Å². The third kappa shape index (κ3) is 3.16. The van der Waals surface area contributed by atoms with E-state index in [9.17, 15) is 4.79 Å². The summed E-state index contributed by atoms with van der Waals surface area (Å²) in [7, 11) is 0. The number of hydrogen-bond donors (Lipinski definition) is 2. The molecule has 0 spiro atoms. The molecule has 0 aliphatic rings. The summed E-state index contributed by atoms with van der Waals surface area (Å²) in [6, 6.07) is 8.13. The van der Waals surface area contributed by atoms with Crippen molar-refractivity contribution in [2.45, 2.75) is 6.92 Å². The Hall–Kier alpha value is -1.78. The van der Waals surface area contributed by atoms with Gasteiger partial charge in [0.2, 0.25) is 0 Å². The van der Waals surface area contributed by atoms with Crippen molar-refractivity contribution in [1.82, 2.24) is 4.98 Å². The molecule has 0 unspecified atom stereocenters. The fraction of sp³-hybridized carbons (Fsp3) is 0.0769. The molecule has 19 heavy (non-hydrogen) atoms. The molecule has 98 valence electrons. The first kappa shape index (κ1) is 13.6. The summed E-state index contributed by atoms with van der Waals surface area (Å²) in [6.07, 6.45) is 0. The maximum atomic E-state index is 10.9. The molecule has 0 radical (unpaired) electrons. The van der Waals surface area contributed by atoms with Gasteiger partial charge in [-0.05, 0) is 37.3 Å². The molecule has 0 saturated carbocycles. The average Bonchev–Trinajstić information content (AvgIpc) is 2.32. The molecule has 0 aliphatic carbocycles. The summed E-state index contributed by atoms with van der Waals surface area (Å²) >= 11 is 11.8. The van der Waals surface area contributed by atoms with Crippen molar-refractivity contribution in [2.24, 2.45) is 0 Å². The second-order valence-corrected chi connectivity index (χ2v) is 4.73. The van der Waals surface area contributed by atoms with Gasteiger partial charge in [0.05, 0.1) is 22.0 Å². The van der Waals surface area contributed by atoms with Crippen molar-refractivity contribution in [3.05, 3.63) is 51.6 Å². The molecule has 2 N–H and O–H groups in total. The predicted molar refractivity (Wildman–Crippen MR) is 75.7 cm³/mol. The minimum absolute atomic E-state index is 0.174. The second kappa shape index (κ2) is 5.47. The molecule has 6 heteroatoms. The van der Waals surface area contributed by atoms with Crippen LogP contribution in [0.4, 0.5) is 11.5 Å². The maximum Gasteiger partial charge on any atom is 0.337 e. The first-order valence-corrected chi connectivity index (χ1v) is 6.16. The molecule has 1 aromatic carbocycles. The number of carboxylic acid groups (broad SMARTS) is 1. The summed E-state index contributed by atoms with van der Waals surface area (Å²) in [5.74, 6) is -0.479. The van der Waals surface area contributed by atoms with E-state index >= 15 is 0 Å². The number of halogens is 2. The van der Waals surface area contributed by atoms with E-state index in [1.165, 1.54) is 6.07 Å². The molecular formula is C13H10Cl2N2O2. The molecule has 0 atom stereocenters. The topological polar surface area (TPSA) is 62.2 Å². The van der Waals surface area contributed by atoms with Gasteiger partial charge in [-0.1, -0.05) is 23.2 Å². The van der Waals surface area contributed by atoms with Crippen molar-refractivity contribution in [1.29, 1.82) is 0 Å². The maximum absolute atomic E-state index is 10.9. The molecule has 4 nitrogen and oxygen atoms in total. The summed E-state index contributed by atoms with van der Waals surface area (Å²) in [4.78, 5) is 15.1. The molecule has 0 amide bonds. The Labute approximate surface area is 120 Å². The zero-order valence-corrected chi connectivity index (χ0v) is 11.5. The smallest absolute Gasteiger partial charge is 0.337 e. The molecule has 0 bridgehead atoms. The Morgan fingerprint density at radius 2 is 2.00 bits per heavy atom. The molecular weight excluding hydrogens is 287 g/mol. The van der Waals surface area contributed by atoms with Crippen LogP contribution < -0.4 is 5.32 Å². The number of aromatic nitrogens is 1. The van der Waals surface area contributed by atoms with E-state index < -0.39 is 5.97 Å². The third-order valence-corrected chi connectivity index (χ3v) is 3.06. The normalized spacial score (nSPS) is 10.3. The van der Waals surface area contributed by atoms with Gasteiger partial charge in [-0.15, -0.1) is 0 Å². The largest absolute Gasteiger partial charge is 0.478 e. The lowest BCUT2D eigenvalue weighted by atomic mass is 10.2. The van der Waals surface area contributed by atoms with Crippen LogP contribution in [0.1, 0.15) is 16.1 Å². The fourth-order valence-corrected chi connectivity index (χ4v) is 2.04. The van der Waals surface area contributed by atoms with Crippen LogP contribution in [-0.4, -0.2) is 16.1 Å². The van der Waals surface area contributed by atoms with Gasteiger partial charge in [0.1, 0.15) is 5.82 Å². The minimum Gasteiger partial charge on any atom is -0.478 e. The summed E-state index contributed by atoms with van der Waals surface area (Å²) in [5.41, 5.74) is 1.26. The highest BCUT2D eigenvalue weighted by Gasteiger charge is 2.09. The molecule has 0 aliphatic heterocycles. The summed E-state index contributed by atoms with van der Waals surface area (Å²) in [6.45, 7) is 1.64. The predicted octanol–water partition coefficient (Wildman–Crippen LogP) is 4.14. The molecule has 1 heterocycles. The Morgan fingerprint density at radius 1 is 1.26 bits per heavy atom. The lowest BCUT2D eigenvalue weighted by Gasteiger charge is -2.09. The quantitative estimate of drug-likeness (QED) is 0.893. The van der Waals surface area contributed by atoms with Crippen LogP contribution in [0.5, 0.6) is 0 Å². The molecule has 0 saturated heterocycles. The monoisotopic (exact) mass is 296 g/mol. The highest BCUT2D eigenvalue weighted by Crippen LogP contribution is 2.27. The number of carbonyl (C=O) groups is 1. The number of aromatic carboxylic acids is 1. The first-order valence-electron chi connectivity index (χ1n) is 5.40. The lowest BCUT2D eigenvalue weighted by Crippen LogP contribution is -2.03. The number of carboxylic acids is 1. The number of rotatable bonds is 3. The van der Waals surface area contributed by atoms with Crippen LogP contribution in [0.3, 0.4) is 0 Å². The Bertz CT molecular complexity index is 645. The van der Waals surface area contributed by atoms with Crippen molar-refractivity contribution in [2.75, 3.05) is 5.32 Å². The first-order chi connectivity index (χ1) is 8.97. The molecule has 2 aromatic rings. The Morgan fingerprint density at radius 3 is 2.58 bits per heavy atom. The van der Waals surface area contributed by atoms with Gasteiger partial charge >= 0.3 is 5.97 Å². The molecule has 1 aromatic heterocycles. The number of anilines is 2. The van der Waals surface area contributed by atoms with E-state index in [4.69, 9.17) is 28.3 Å². The van der Waals surface area contributed by atoms with E-state index in [1.807, 2.05) is 0 Å². The summed E-state index contributed by atoms with van der Waals surface area (Å²) in [5, 5.41) is 12.9. The molecule has 2 rings (SSSR count). The van der Waals surface area contributed by atoms with E-state index in [0.29, 0.717) is 27.2 Å². The molecule has 0 fully saturated rings. The number of hydrogen-bond acceptors (Lipinski definition) is 3. The second-order valence-electron chi connectivity index (χ2n) is 3.88. The van der Waals surface area contributed by atoms with E-state index in [1.54, 1.807) is 31.2 Å². The van der Waals surface area contributed by atoms with Crippen LogP contribution in [0.15, 0.2) is 30.3 Å². The zero-order chi connectivity index (χ0) is 14.0. The lowest BCUT2D eigenvalue weighted by molar-refractivity contribution is 0.0695. The van der Waals surface area contributed by atoms with Crippen molar-refractivity contribution in [3.8, 4) is 0 Å². The number of aryl methyl sites for hydroxylation is 1. The van der Waals surface area contributed by atoms with Gasteiger partial charge < -0.3 is 10.4 Å². The highest BCUT2D eigenvalue weighted by atomic mass is 35.5. The van der Waals surface area contributed by atoms with Crippen molar-refractivity contribution < 1.29 is 9.90 Å². The zero-order valence-electron chi connectivity index (χ0n) is 9.95. The van der Waals surface area contributed by atoms with Crippen LogP contribution in [0.2, 0.25) is 10.0 Å². The SMILES string of the molecule is Cc1nc(Nc2ccc(Cl)cc2Cl)ccc1C(=O)O. The minimum atomic E-state index is -0.999. The highest BCUT2D eigenvalue weighted by molar-refractivity contribution is 6.36. The number of pyridine rings is 1.